The SMILES string of the molecule is CCCNc1nccc(C(=O)NC2CCC2)c1F. The zero-order valence-corrected chi connectivity index (χ0v) is 10.5. The van der Waals surface area contributed by atoms with E-state index in [1.54, 1.807) is 0 Å². The van der Waals surface area contributed by atoms with Gasteiger partial charge in [-0.15, -0.1) is 0 Å². The summed E-state index contributed by atoms with van der Waals surface area (Å²) in [6.45, 7) is 2.62. The third kappa shape index (κ3) is 2.78. The van der Waals surface area contributed by atoms with Gasteiger partial charge in [0, 0.05) is 18.8 Å². The number of rotatable bonds is 5. The summed E-state index contributed by atoms with van der Waals surface area (Å²) in [7, 11) is 0. The second kappa shape index (κ2) is 5.80. The maximum atomic E-state index is 14.0. The number of hydrogen-bond acceptors (Lipinski definition) is 3. The first-order valence-electron chi connectivity index (χ1n) is 6.41. The van der Waals surface area contributed by atoms with Crippen molar-refractivity contribution in [3.63, 3.8) is 0 Å². The number of halogens is 1. The molecule has 18 heavy (non-hydrogen) atoms. The predicted octanol–water partition coefficient (Wildman–Crippen LogP) is 2.32. The standard InChI is InChI=1S/C13H18FN3O/c1-2-7-15-12-11(14)10(6-8-16-12)13(18)17-9-4-3-5-9/h6,8-9H,2-5,7H2,1H3,(H,15,16)(H,17,18). The Balaban J connectivity index is 2.08. The van der Waals surface area contributed by atoms with E-state index in [4.69, 9.17) is 0 Å². The van der Waals surface area contributed by atoms with Crippen molar-refractivity contribution in [3.05, 3.63) is 23.6 Å². The maximum Gasteiger partial charge on any atom is 0.254 e. The van der Waals surface area contributed by atoms with E-state index < -0.39 is 5.82 Å². The van der Waals surface area contributed by atoms with Crippen LogP contribution >= 0.6 is 0 Å². The number of carbonyl (C=O) groups excluding carboxylic acids is 1. The zero-order chi connectivity index (χ0) is 13.0. The molecule has 1 amide bonds. The number of pyridine rings is 1. The molecule has 1 fully saturated rings. The highest BCUT2D eigenvalue weighted by Gasteiger charge is 2.22. The van der Waals surface area contributed by atoms with Crippen molar-refractivity contribution in [3.8, 4) is 0 Å². The van der Waals surface area contributed by atoms with Gasteiger partial charge >= 0.3 is 0 Å². The topological polar surface area (TPSA) is 54.0 Å². The molecule has 1 aromatic rings. The van der Waals surface area contributed by atoms with Crippen LogP contribution in [0.1, 0.15) is 43.0 Å². The van der Waals surface area contributed by atoms with Gasteiger partial charge in [-0.25, -0.2) is 9.37 Å². The van der Waals surface area contributed by atoms with Crippen LogP contribution in [0, 0.1) is 5.82 Å². The molecule has 98 valence electrons. The molecular weight excluding hydrogens is 233 g/mol. The summed E-state index contributed by atoms with van der Waals surface area (Å²) < 4.78 is 14.0. The van der Waals surface area contributed by atoms with Crippen molar-refractivity contribution in [1.29, 1.82) is 0 Å². The molecule has 0 spiro atoms. The molecule has 0 saturated heterocycles. The molecule has 1 saturated carbocycles. The monoisotopic (exact) mass is 251 g/mol. The fraction of sp³-hybridized carbons (Fsp3) is 0.538. The van der Waals surface area contributed by atoms with Gasteiger partial charge in [0.05, 0.1) is 5.56 Å². The van der Waals surface area contributed by atoms with E-state index in [0.29, 0.717) is 6.54 Å². The minimum absolute atomic E-state index is 0.0653. The highest BCUT2D eigenvalue weighted by Crippen LogP contribution is 2.20. The number of hydrogen-bond donors (Lipinski definition) is 2. The fourth-order valence-electron chi connectivity index (χ4n) is 1.80. The number of nitrogens with zero attached hydrogens (tertiary/aromatic N) is 1. The van der Waals surface area contributed by atoms with Gasteiger partial charge < -0.3 is 10.6 Å². The lowest BCUT2D eigenvalue weighted by Gasteiger charge is -2.26. The molecule has 2 rings (SSSR count). The summed E-state index contributed by atoms with van der Waals surface area (Å²) in [6, 6.07) is 1.62. The fourth-order valence-corrected chi connectivity index (χ4v) is 1.80. The van der Waals surface area contributed by atoms with Crippen molar-refractivity contribution in [2.75, 3.05) is 11.9 Å². The van der Waals surface area contributed by atoms with Gasteiger partial charge in [-0.05, 0) is 31.7 Å². The lowest BCUT2D eigenvalue weighted by Crippen LogP contribution is -2.39. The Morgan fingerprint density at radius 2 is 2.33 bits per heavy atom. The number of nitrogens with one attached hydrogen (secondary N) is 2. The Hall–Kier alpha value is -1.65. The normalized spacial score (nSPS) is 15.0. The Labute approximate surface area is 106 Å². The second-order valence-corrected chi connectivity index (χ2v) is 4.55. The van der Waals surface area contributed by atoms with E-state index in [1.807, 2.05) is 6.92 Å². The predicted molar refractivity (Wildman–Crippen MR) is 68.1 cm³/mol. The van der Waals surface area contributed by atoms with E-state index in [9.17, 15) is 9.18 Å². The van der Waals surface area contributed by atoms with Gasteiger partial charge in [0.2, 0.25) is 0 Å². The van der Waals surface area contributed by atoms with E-state index in [0.717, 1.165) is 25.7 Å². The van der Waals surface area contributed by atoms with Gasteiger partial charge in [0.1, 0.15) is 0 Å². The molecule has 2 N–H and O–H groups in total. The first-order chi connectivity index (χ1) is 8.72. The lowest BCUT2D eigenvalue weighted by molar-refractivity contribution is 0.0913. The smallest absolute Gasteiger partial charge is 0.254 e. The summed E-state index contributed by atoms with van der Waals surface area (Å²) in [5, 5.41) is 5.70. The van der Waals surface area contributed by atoms with E-state index in [1.165, 1.54) is 12.3 Å². The van der Waals surface area contributed by atoms with Crippen molar-refractivity contribution < 1.29 is 9.18 Å². The Bertz CT molecular complexity index is 432. The summed E-state index contributed by atoms with van der Waals surface area (Å²) in [6.07, 6.45) is 5.43. The first kappa shape index (κ1) is 12.8. The average Bonchev–Trinajstić information content (AvgIpc) is 2.32. The van der Waals surface area contributed by atoms with E-state index >= 15 is 0 Å². The number of amides is 1. The molecule has 0 unspecified atom stereocenters. The first-order valence-corrected chi connectivity index (χ1v) is 6.41. The summed E-state index contributed by atoms with van der Waals surface area (Å²) in [5.41, 5.74) is 0.0653. The van der Waals surface area contributed by atoms with Crippen LogP contribution in [0.15, 0.2) is 12.3 Å². The lowest BCUT2D eigenvalue weighted by atomic mass is 9.93. The molecule has 5 heteroatoms. The summed E-state index contributed by atoms with van der Waals surface area (Å²) >= 11 is 0. The number of anilines is 1. The molecule has 0 atom stereocenters. The molecule has 0 aliphatic heterocycles. The maximum absolute atomic E-state index is 14.0. The van der Waals surface area contributed by atoms with Crippen LogP contribution in [0.2, 0.25) is 0 Å². The van der Waals surface area contributed by atoms with Crippen molar-refractivity contribution in [2.24, 2.45) is 0 Å². The number of carbonyl (C=O) groups is 1. The minimum atomic E-state index is -0.567. The van der Waals surface area contributed by atoms with Gasteiger partial charge in [0.15, 0.2) is 11.6 Å². The second-order valence-electron chi connectivity index (χ2n) is 4.55. The summed E-state index contributed by atoms with van der Waals surface area (Å²) in [5.74, 6) is -0.764. The average molecular weight is 251 g/mol. The summed E-state index contributed by atoms with van der Waals surface area (Å²) in [4.78, 5) is 15.8. The third-order valence-electron chi connectivity index (χ3n) is 3.12. The molecule has 0 aromatic carbocycles. The molecule has 0 radical (unpaired) electrons. The van der Waals surface area contributed by atoms with Gasteiger partial charge in [0.25, 0.3) is 5.91 Å². The van der Waals surface area contributed by atoms with Gasteiger partial charge in [-0.1, -0.05) is 6.92 Å². The number of aromatic nitrogens is 1. The Morgan fingerprint density at radius 3 is 2.94 bits per heavy atom. The molecule has 1 aliphatic carbocycles. The van der Waals surface area contributed by atoms with E-state index in [2.05, 4.69) is 15.6 Å². The van der Waals surface area contributed by atoms with E-state index in [-0.39, 0.29) is 23.3 Å². The van der Waals surface area contributed by atoms with Crippen LogP contribution in [0.5, 0.6) is 0 Å². The molecule has 0 bridgehead atoms. The molecule has 1 aliphatic rings. The van der Waals surface area contributed by atoms with Crippen LogP contribution in [0.4, 0.5) is 10.2 Å². The van der Waals surface area contributed by atoms with Crippen molar-refractivity contribution in [2.45, 2.75) is 38.6 Å². The Morgan fingerprint density at radius 1 is 1.56 bits per heavy atom. The third-order valence-corrected chi connectivity index (χ3v) is 3.12. The highest BCUT2D eigenvalue weighted by molar-refractivity contribution is 5.95. The van der Waals surface area contributed by atoms with Crippen molar-refractivity contribution >= 4 is 11.7 Å². The van der Waals surface area contributed by atoms with Gasteiger partial charge in [-0.3, -0.25) is 4.79 Å². The molecule has 1 heterocycles. The Kier molecular flexibility index (Phi) is 4.12. The minimum Gasteiger partial charge on any atom is -0.368 e. The van der Waals surface area contributed by atoms with Crippen LogP contribution < -0.4 is 10.6 Å². The van der Waals surface area contributed by atoms with Crippen molar-refractivity contribution in [1.82, 2.24) is 10.3 Å². The molecular formula is C13H18FN3O. The quantitative estimate of drug-likeness (QED) is 0.844. The van der Waals surface area contributed by atoms with Crippen LogP contribution in [0.25, 0.3) is 0 Å². The van der Waals surface area contributed by atoms with Gasteiger partial charge in [-0.2, -0.15) is 0 Å². The molecule has 4 nitrogen and oxygen atoms in total. The van der Waals surface area contributed by atoms with Crippen LogP contribution in [-0.4, -0.2) is 23.5 Å². The van der Waals surface area contributed by atoms with Crippen LogP contribution in [0.3, 0.4) is 0 Å². The zero-order valence-electron chi connectivity index (χ0n) is 10.5. The van der Waals surface area contributed by atoms with Crippen LogP contribution in [-0.2, 0) is 0 Å². The highest BCUT2D eigenvalue weighted by atomic mass is 19.1. The largest absolute Gasteiger partial charge is 0.368 e. The molecule has 1 aromatic heterocycles.